The van der Waals surface area contributed by atoms with Crippen molar-refractivity contribution < 1.29 is 9.90 Å². The molecule has 2 heteroatoms. The molecule has 2 fully saturated rings. The zero-order chi connectivity index (χ0) is 12.3. The number of aliphatic hydroxyl groups excluding tert-OH is 1. The van der Waals surface area contributed by atoms with Crippen LogP contribution in [0.25, 0.3) is 0 Å². The molecule has 17 heavy (non-hydrogen) atoms. The minimum Gasteiger partial charge on any atom is -0.392 e. The standard InChI is InChI=1S/C15H26O2/c1-2-15(11-7-6-10-13(15)16)14(17)12-8-4-3-5-9-12/h12,14,17H,2-11H2,1H3/t14-,15+/m0/s1. The second-order valence-corrected chi connectivity index (χ2v) is 5.98. The third-order valence-corrected chi connectivity index (χ3v) is 5.13. The van der Waals surface area contributed by atoms with Crippen molar-refractivity contribution in [3.8, 4) is 0 Å². The second kappa shape index (κ2) is 5.51. The van der Waals surface area contributed by atoms with Gasteiger partial charge in [-0.3, -0.25) is 4.79 Å². The van der Waals surface area contributed by atoms with Gasteiger partial charge in [-0.2, -0.15) is 0 Å². The molecule has 2 aliphatic rings. The first-order valence-corrected chi connectivity index (χ1v) is 7.42. The number of rotatable bonds is 3. The summed E-state index contributed by atoms with van der Waals surface area (Å²) in [5, 5.41) is 10.7. The average molecular weight is 238 g/mol. The Morgan fingerprint density at radius 1 is 1.24 bits per heavy atom. The summed E-state index contributed by atoms with van der Waals surface area (Å²) in [6.45, 7) is 2.08. The fourth-order valence-corrected chi connectivity index (χ4v) is 3.91. The van der Waals surface area contributed by atoms with Gasteiger partial charge in [0.2, 0.25) is 0 Å². The molecule has 0 heterocycles. The minimum atomic E-state index is -0.389. The van der Waals surface area contributed by atoms with Crippen molar-refractivity contribution in [2.24, 2.45) is 11.3 Å². The van der Waals surface area contributed by atoms with E-state index in [2.05, 4.69) is 6.92 Å². The van der Waals surface area contributed by atoms with Gasteiger partial charge in [0.25, 0.3) is 0 Å². The number of carbonyl (C=O) groups is 1. The molecule has 0 spiro atoms. The predicted molar refractivity (Wildman–Crippen MR) is 68.8 cm³/mol. The van der Waals surface area contributed by atoms with Crippen molar-refractivity contribution in [3.63, 3.8) is 0 Å². The van der Waals surface area contributed by atoms with Crippen molar-refractivity contribution in [3.05, 3.63) is 0 Å². The SMILES string of the molecule is CC[C@@]1([C@@H](O)C2CCCCC2)CCCCC1=O. The van der Waals surface area contributed by atoms with E-state index in [1.807, 2.05) is 0 Å². The molecule has 0 aliphatic heterocycles. The molecule has 2 nitrogen and oxygen atoms in total. The molecule has 1 N–H and O–H groups in total. The van der Waals surface area contributed by atoms with Gasteiger partial charge < -0.3 is 5.11 Å². The Kier molecular flexibility index (Phi) is 4.24. The normalized spacial score (nSPS) is 33.6. The first-order valence-electron chi connectivity index (χ1n) is 7.42. The fourth-order valence-electron chi connectivity index (χ4n) is 3.91. The van der Waals surface area contributed by atoms with E-state index in [4.69, 9.17) is 0 Å². The van der Waals surface area contributed by atoms with Gasteiger partial charge in [-0.05, 0) is 38.0 Å². The minimum absolute atomic E-state index is 0.337. The summed E-state index contributed by atoms with van der Waals surface area (Å²) in [7, 11) is 0. The van der Waals surface area contributed by atoms with Gasteiger partial charge >= 0.3 is 0 Å². The van der Waals surface area contributed by atoms with Crippen molar-refractivity contribution in [2.45, 2.75) is 77.2 Å². The largest absolute Gasteiger partial charge is 0.392 e. The lowest BCUT2D eigenvalue weighted by atomic mass is 9.63. The first kappa shape index (κ1) is 13.1. The van der Waals surface area contributed by atoms with Gasteiger partial charge in [0.05, 0.1) is 11.5 Å². The fraction of sp³-hybridized carbons (Fsp3) is 0.933. The maximum atomic E-state index is 12.3. The highest BCUT2D eigenvalue weighted by Crippen LogP contribution is 2.44. The third kappa shape index (κ3) is 2.42. The molecule has 0 aromatic rings. The summed E-state index contributed by atoms with van der Waals surface area (Å²) >= 11 is 0. The second-order valence-electron chi connectivity index (χ2n) is 5.98. The van der Waals surface area contributed by atoms with Gasteiger partial charge in [-0.15, -0.1) is 0 Å². The lowest BCUT2D eigenvalue weighted by Gasteiger charge is -2.43. The van der Waals surface area contributed by atoms with E-state index >= 15 is 0 Å². The average Bonchev–Trinajstić information content (AvgIpc) is 2.40. The van der Waals surface area contributed by atoms with Crippen molar-refractivity contribution in [1.82, 2.24) is 0 Å². The molecule has 2 atom stereocenters. The number of carbonyl (C=O) groups excluding carboxylic acids is 1. The Morgan fingerprint density at radius 2 is 1.94 bits per heavy atom. The summed E-state index contributed by atoms with van der Waals surface area (Å²) in [4.78, 5) is 12.3. The smallest absolute Gasteiger partial charge is 0.141 e. The highest BCUT2D eigenvalue weighted by molar-refractivity contribution is 5.86. The highest BCUT2D eigenvalue weighted by Gasteiger charge is 2.47. The number of hydrogen-bond donors (Lipinski definition) is 1. The van der Waals surface area contributed by atoms with Crippen LogP contribution in [0.15, 0.2) is 0 Å². The molecule has 2 aliphatic carbocycles. The van der Waals surface area contributed by atoms with E-state index in [-0.39, 0.29) is 11.5 Å². The zero-order valence-electron chi connectivity index (χ0n) is 11.1. The molecule has 0 unspecified atom stereocenters. The summed E-state index contributed by atoms with van der Waals surface area (Å²) in [6.07, 6.45) is 10.2. The molecule has 2 saturated carbocycles. The summed E-state index contributed by atoms with van der Waals surface area (Å²) < 4.78 is 0. The van der Waals surface area contributed by atoms with E-state index in [0.29, 0.717) is 18.1 Å². The Labute approximate surface area is 105 Å². The van der Waals surface area contributed by atoms with Crippen LogP contribution in [-0.4, -0.2) is 17.0 Å². The predicted octanol–water partition coefficient (Wildman–Crippen LogP) is 3.47. The molecule has 0 bridgehead atoms. The van der Waals surface area contributed by atoms with Gasteiger partial charge in [-0.1, -0.05) is 32.6 Å². The molecular weight excluding hydrogens is 212 g/mol. The first-order chi connectivity index (χ1) is 8.20. The van der Waals surface area contributed by atoms with E-state index < -0.39 is 0 Å². The van der Waals surface area contributed by atoms with Crippen LogP contribution in [0.3, 0.4) is 0 Å². The topological polar surface area (TPSA) is 37.3 Å². The number of hydrogen-bond acceptors (Lipinski definition) is 2. The Morgan fingerprint density at radius 3 is 2.53 bits per heavy atom. The monoisotopic (exact) mass is 238 g/mol. The van der Waals surface area contributed by atoms with Crippen LogP contribution in [-0.2, 0) is 4.79 Å². The van der Waals surface area contributed by atoms with Crippen LogP contribution >= 0.6 is 0 Å². The van der Waals surface area contributed by atoms with Gasteiger partial charge in [0.1, 0.15) is 5.78 Å². The summed E-state index contributed by atoms with van der Waals surface area (Å²) in [5.74, 6) is 0.718. The van der Waals surface area contributed by atoms with Gasteiger partial charge in [-0.25, -0.2) is 0 Å². The van der Waals surface area contributed by atoms with E-state index in [9.17, 15) is 9.90 Å². The van der Waals surface area contributed by atoms with Crippen molar-refractivity contribution in [1.29, 1.82) is 0 Å². The zero-order valence-corrected chi connectivity index (χ0v) is 11.1. The molecule has 0 aromatic carbocycles. The third-order valence-electron chi connectivity index (χ3n) is 5.13. The van der Waals surface area contributed by atoms with E-state index in [1.165, 1.54) is 19.3 Å². The molecular formula is C15H26O2. The number of aliphatic hydroxyl groups is 1. The van der Waals surface area contributed by atoms with Crippen LogP contribution < -0.4 is 0 Å². The highest BCUT2D eigenvalue weighted by atomic mass is 16.3. The molecule has 0 saturated heterocycles. The van der Waals surface area contributed by atoms with Crippen LogP contribution in [0.1, 0.15) is 71.1 Å². The van der Waals surface area contributed by atoms with Crippen molar-refractivity contribution >= 4 is 5.78 Å². The quantitative estimate of drug-likeness (QED) is 0.817. The molecule has 0 aromatic heterocycles. The van der Waals surface area contributed by atoms with Gasteiger partial charge in [0, 0.05) is 6.42 Å². The van der Waals surface area contributed by atoms with Crippen LogP contribution in [0.2, 0.25) is 0 Å². The molecule has 2 rings (SSSR count). The number of Topliss-reactive ketones (excluding diaryl/α,β-unsaturated/α-hetero) is 1. The molecule has 98 valence electrons. The maximum Gasteiger partial charge on any atom is 0.141 e. The number of ketones is 1. The molecule has 0 radical (unpaired) electrons. The Bertz CT molecular complexity index is 268. The summed E-state index contributed by atoms with van der Waals surface area (Å²) in [5.41, 5.74) is -0.389. The Balaban J connectivity index is 2.12. The van der Waals surface area contributed by atoms with Gasteiger partial charge in [0.15, 0.2) is 0 Å². The van der Waals surface area contributed by atoms with Crippen molar-refractivity contribution in [2.75, 3.05) is 0 Å². The summed E-state index contributed by atoms with van der Waals surface area (Å²) in [6, 6.07) is 0. The van der Waals surface area contributed by atoms with Crippen LogP contribution in [0.5, 0.6) is 0 Å². The molecule has 0 amide bonds. The maximum absolute atomic E-state index is 12.3. The van der Waals surface area contributed by atoms with Crippen LogP contribution in [0, 0.1) is 11.3 Å². The van der Waals surface area contributed by atoms with E-state index in [1.54, 1.807) is 0 Å². The van der Waals surface area contributed by atoms with Crippen LogP contribution in [0.4, 0.5) is 0 Å². The van der Waals surface area contributed by atoms with E-state index in [0.717, 1.165) is 38.5 Å². The lowest BCUT2D eigenvalue weighted by Crippen LogP contribution is -2.48. The lowest BCUT2D eigenvalue weighted by molar-refractivity contribution is -0.144. The Hall–Kier alpha value is -0.370.